The lowest BCUT2D eigenvalue weighted by Crippen LogP contribution is -2.31. The number of imidazole rings is 1. The van der Waals surface area contributed by atoms with E-state index < -0.39 is 5.60 Å². The minimum atomic E-state index is -0.597. The molecule has 0 aliphatic carbocycles. The van der Waals surface area contributed by atoms with Crippen molar-refractivity contribution in [1.82, 2.24) is 14.7 Å². The van der Waals surface area contributed by atoms with Gasteiger partial charge < -0.3 is 15.3 Å². The van der Waals surface area contributed by atoms with Crippen LogP contribution in [0.3, 0.4) is 0 Å². The van der Waals surface area contributed by atoms with Crippen LogP contribution in [0.25, 0.3) is 4.96 Å². The van der Waals surface area contributed by atoms with Gasteiger partial charge in [-0.25, -0.2) is 4.98 Å². The van der Waals surface area contributed by atoms with Gasteiger partial charge in [0.2, 0.25) is 0 Å². The van der Waals surface area contributed by atoms with Crippen molar-refractivity contribution in [3.8, 4) is 0 Å². The lowest BCUT2D eigenvalue weighted by atomic mass is 10.1. The van der Waals surface area contributed by atoms with Crippen LogP contribution in [-0.2, 0) is 6.54 Å². The zero-order valence-electron chi connectivity index (χ0n) is 12.3. The molecule has 110 valence electrons. The molecule has 0 amide bonds. The van der Waals surface area contributed by atoms with Crippen LogP contribution in [0.15, 0.2) is 11.6 Å². The van der Waals surface area contributed by atoms with Crippen molar-refractivity contribution in [3.05, 3.63) is 17.3 Å². The van der Waals surface area contributed by atoms with Crippen molar-refractivity contribution in [2.45, 2.75) is 45.4 Å². The Morgan fingerprint density at radius 1 is 1.55 bits per heavy atom. The number of rotatable bonds is 4. The first-order chi connectivity index (χ1) is 9.46. The molecule has 1 unspecified atom stereocenters. The number of anilines is 1. The number of thiazole rings is 1. The summed E-state index contributed by atoms with van der Waals surface area (Å²) in [7, 11) is 0. The van der Waals surface area contributed by atoms with Crippen molar-refractivity contribution in [1.29, 1.82) is 0 Å². The topological polar surface area (TPSA) is 52.8 Å². The molecule has 0 radical (unpaired) electrons. The third kappa shape index (κ3) is 2.55. The average molecular weight is 294 g/mol. The molecule has 2 aromatic heterocycles. The SMILES string of the molecule is CC(C)NCc1c(N2CCC(C)(O)C2)nc2sccn12. The van der Waals surface area contributed by atoms with Crippen molar-refractivity contribution >= 4 is 22.1 Å². The number of aliphatic hydroxyl groups is 1. The second kappa shape index (κ2) is 5.02. The standard InChI is InChI=1S/C14H22N4OS/c1-10(2)15-8-11-12(16-13-18(11)6-7-20-13)17-5-4-14(3,19)9-17/h6-7,10,15,19H,4-5,8-9H2,1-3H3. The van der Waals surface area contributed by atoms with E-state index >= 15 is 0 Å². The van der Waals surface area contributed by atoms with Gasteiger partial charge in [0.05, 0.1) is 11.3 Å². The molecule has 1 aliphatic heterocycles. The highest BCUT2D eigenvalue weighted by molar-refractivity contribution is 7.15. The zero-order chi connectivity index (χ0) is 14.3. The summed E-state index contributed by atoms with van der Waals surface area (Å²) in [6.07, 6.45) is 2.87. The summed E-state index contributed by atoms with van der Waals surface area (Å²) >= 11 is 1.65. The summed E-state index contributed by atoms with van der Waals surface area (Å²) in [6, 6.07) is 0.439. The van der Waals surface area contributed by atoms with E-state index in [1.54, 1.807) is 11.3 Å². The van der Waals surface area contributed by atoms with E-state index in [0.29, 0.717) is 12.6 Å². The van der Waals surface area contributed by atoms with Crippen LogP contribution in [-0.4, -0.2) is 39.2 Å². The van der Waals surface area contributed by atoms with Crippen molar-refractivity contribution in [3.63, 3.8) is 0 Å². The number of β-amino-alcohol motifs (C(OH)–C–C–N with tert-alkyl or cyclic N) is 1. The molecule has 0 bridgehead atoms. The number of aromatic nitrogens is 2. The molecule has 2 N–H and O–H groups in total. The maximum Gasteiger partial charge on any atom is 0.195 e. The number of fused-ring (bicyclic) bond motifs is 1. The van der Waals surface area contributed by atoms with Crippen LogP contribution in [0.2, 0.25) is 0 Å². The molecule has 1 aliphatic rings. The smallest absolute Gasteiger partial charge is 0.195 e. The van der Waals surface area contributed by atoms with Gasteiger partial charge in [0.1, 0.15) is 0 Å². The second-order valence-electron chi connectivity index (χ2n) is 6.14. The fourth-order valence-electron chi connectivity index (χ4n) is 2.67. The second-order valence-corrected chi connectivity index (χ2v) is 7.01. The van der Waals surface area contributed by atoms with Crippen LogP contribution in [0.1, 0.15) is 32.9 Å². The van der Waals surface area contributed by atoms with E-state index in [-0.39, 0.29) is 0 Å². The van der Waals surface area contributed by atoms with Crippen LogP contribution in [0.5, 0.6) is 0 Å². The number of hydrogen-bond donors (Lipinski definition) is 2. The molecule has 0 saturated carbocycles. The highest BCUT2D eigenvalue weighted by atomic mass is 32.1. The Hall–Kier alpha value is -1.11. The van der Waals surface area contributed by atoms with Crippen molar-refractivity contribution < 1.29 is 5.11 Å². The minimum absolute atomic E-state index is 0.439. The van der Waals surface area contributed by atoms with Gasteiger partial charge in [-0.1, -0.05) is 13.8 Å². The number of nitrogens with one attached hydrogen (secondary N) is 1. The Kier molecular flexibility index (Phi) is 3.48. The van der Waals surface area contributed by atoms with Gasteiger partial charge in [-0.05, 0) is 13.3 Å². The molecule has 0 aromatic carbocycles. The Bertz CT molecular complexity index is 601. The molecule has 1 saturated heterocycles. The van der Waals surface area contributed by atoms with Gasteiger partial charge in [-0.3, -0.25) is 4.40 Å². The molecule has 20 heavy (non-hydrogen) atoms. The normalized spacial score (nSPS) is 23.4. The largest absolute Gasteiger partial charge is 0.388 e. The Morgan fingerprint density at radius 2 is 2.35 bits per heavy atom. The van der Waals surface area contributed by atoms with Crippen LogP contribution in [0.4, 0.5) is 5.82 Å². The van der Waals surface area contributed by atoms with Gasteiger partial charge in [0.25, 0.3) is 0 Å². The van der Waals surface area contributed by atoms with Gasteiger partial charge in [-0.15, -0.1) is 11.3 Å². The van der Waals surface area contributed by atoms with Crippen molar-refractivity contribution in [2.24, 2.45) is 0 Å². The maximum atomic E-state index is 10.2. The van der Waals surface area contributed by atoms with Gasteiger partial charge in [0.15, 0.2) is 10.8 Å². The third-order valence-corrected chi connectivity index (χ3v) is 4.53. The Labute approximate surface area is 123 Å². The van der Waals surface area contributed by atoms with E-state index in [1.807, 2.05) is 6.92 Å². The number of nitrogens with zero attached hydrogens (tertiary/aromatic N) is 3. The van der Waals surface area contributed by atoms with Gasteiger partial charge >= 0.3 is 0 Å². The van der Waals surface area contributed by atoms with Crippen LogP contribution >= 0.6 is 11.3 Å². The fourth-order valence-corrected chi connectivity index (χ4v) is 3.39. The lowest BCUT2D eigenvalue weighted by Gasteiger charge is -2.20. The molecule has 1 fully saturated rings. The summed E-state index contributed by atoms with van der Waals surface area (Å²) in [5, 5.41) is 15.7. The molecule has 5 nitrogen and oxygen atoms in total. The van der Waals surface area contributed by atoms with E-state index in [0.717, 1.165) is 30.3 Å². The Balaban J connectivity index is 1.93. The monoisotopic (exact) mass is 294 g/mol. The first-order valence-corrected chi connectivity index (χ1v) is 7.99. The molecule has 1 atom stereocenters. The molecule has 0 spiro atoms. The van der Waals surface area contributed by atoms with E-state index in [4.69, 9.17) is 4.98 Å². The highest BCUT2D eigenvalue weighted by Gasteiger charge is 2.34. The van der Waals surface area contributed by atoms with E-state index in [1.165, 1.54) is 5.69 Å². The lowest BCUT2D eigenvalue weighted by molar-refractivity contribution is 0.0839. The first-order valence-electron chi connectivity index (χ1n) is 7.11. The molecule has 6 heteroatoms. The summed E-state index contributed by atoms with van der Waals surface area (Å²) in [5.74, 6) is 1.02. The third-order valence-electron chi connectivity index (χ3n) is 3.77. The van der Waals surface area contributed by atoms with Crippen LogP contribution < -0.4 is 10.2 Å². The van der Waals surface area contributed by atoms with E-state index in [2.05, 4.69) is 40.0 Å². The predicted molar refractivity (Wildman–Crippen MR) is 82.5 cm³/mol. The highest BCUT2D eigenvalue weighted by Crippen LogP contribution is 2.30. The van der Waals surface area contributed by atoms with Gasteiger partial charge in [-0.2, -0.15) is 0 Å². The first kappa shape index (κ1) is 13.9. The number of hydrogen-bond acceptors (Lipinski definition) is 5. The minimum Gasteiger partial charge on any atom is -0.388 e. The molecule has 2 aromatic rings. The molecular weight excluding hydrogens is 272 g/mol. The average Bonchev–Trinajstić information content (AvgIpc) is 2.99. The summed E-state index contributed by atoms with van der Waals surface area (Å²) < 4.78 is 2.16. The summed E-state index contributed by atoms with van der Waals surface area (Å²) in [6.45, 7) is 8.51. The Morgan fingerprint density at radius 3 is 3.00 bits per heavy atom. The molecule has 3 heterocycles. The predicted octanol–water partition coefficient (Wildman–Crippen LogP) is 1.85. The molecule has 3 rings (SSSR count). The van der Waals surface area contributed by atoms with E-state index in [9.17, 15) is 5.11 Å². The molecular formula is C14H22N4OS. The summed E-state index contributed by atoms with van der Waals surface area (Å²) in [4.78, 5) is 7.98. The fraction of sp³-hybridized carbons (Fsp3) is 0.643. The summed E-state index contributed by atoms with van der Waals surface area (Å²) in [5.41, 5.74) is 0.590. The zero-order valence-corrected chi connectivity index (χ0v) is 13.1. The maximum absolute atomic E-state index is 10.2. The quantitative estimate of drug-likeness (QED) is 0.904. The van der Waals surface area contributed by atoms with Crippen molar-refractivity contribution in [2.75, 3.05) is 18.0 Å². The van der Waals surface area contributed by atoms with Gasteiger partial charge in [0, 0.05) is 37.3 Å². The van der Waals surface area contributed by atoms with Crippen LogP contribution in [0, 0.1) is 0 Å².